The van der Waals surface area contributed by atoms with Gasteiger partial charge in [0, 0.05) is 31.0 Å². The molecule has 1 fully saturated rings. The summed E-state index contributed by atoms with van der Waals surface area (Å²) in [6.07, 6.45) is 3.26. The molecule has 0 saturated carbocycles. The summed E-state index contributed by atoms with van der Waals surface area (Å²) in [7, 11) is -1.78. The van der Waals surface area contributed by atoms with Gasteiger partial charge in [-0.3, -0.25) is 14.5 Å². The number of hydrogen-bond acceptors (Lipinski definition) is 6. The summed E-state index contributed by atoms with van der Waals surface area (Å²) in [5, 5.41) is 2.75. The molecule has 1 aromatic heterocycles. The third-order valence-electron chi connectivity index (χ3n) is 6.15. The van der Waals surface area contributed by atoms with Gasteiger partial charge in [-0.15, -0.1) is 0 Å². The first-order valence-corrected chi connectivity index (χ1v) is 13.0. The van der Waals surface area contributed by atoms with Crippen molar-refractivity contribution in [3.8, 4) is 0 Å². The van der Waals surface area contributed by atoms with E-state index < -0.39 is 10.0 Å². The second kappa shape index (κ2) is 10.2. The Morgan fingerprint density at radius 3 is 2.56 bits per heavy atom. The number of nitrogens with one attached hydrogen (secondary N) is 1. The summed E-state index contributed by atoms with van der Waals surface area (Å²) in [6, 6.07) is 10.4. The summed E-state index contributed by atoms with van der Waals surface area (Å²) in [6.45, 7) is 3.66. The number of pyridine rings is 1. The summed E-state index contributed by atoms with van der Waals surface area (Å²) in [5.41, 5.74) is 2.42. The van der Waals surface area contributed by atoms with Crippen molar-refractivity contribution in [1.82, 2.24) is 14.2 Å². The van der Waals surface area contributed by atoms with Crippen molar-refractivity contribution in [1.29, 1.82) is 0 Å². The van der Waals surface area contributed by atoms with E-state index in [1.165, 1.54) is 4.31 Å². The lowest BCUT2D eigenvalue weighted by atomic mass is 10.0. The maximum Gasteiger partial charge on any atom is 0.243 e. The van der Waals surface area contributed by atoms with Crippen LogP contribution in [0.3, 0.4) is 0 Å². The molecule has 0 bridgehead atoms. The molecule has 10 heteroatoms. The number of fused-ring (bicyclic) bond motifs is 1. The molecule has 0 unspecified atom stereocenters. The van der Waals surface area contributed by atoms with Crippen molar-refractivity contribution in [3.63, 3.8) is 0 Å². The van der Waals surface area contributed by atoms with Crippen molar-refractivity contribution >= 4 is 33.3 Å². The van der Waals surface area contributed by atoms with E-state index in [-0.39, 0.29) is 24.9 Å². The molecule has 1 saturated heterocycles. The Morgan fingerprint density at radius 1 is 1.06 bits per heavy atom. The third-order valence-corrected chi connectivity index (χ3v) is 8.04. The molecule has 0 spiro atoms. The Hall–Kier alpha value is -2.82. The van der Waals surface area contributed by atoms with E-state index in [1.54, 1.807) is 41.1 Å². The molecule has 182 valence electrons. The number of nitrogens with zero attached hydrogens (tertiary/aromatic N) is 4. The standard InChI is InChI=1S/C24H31N5O4S/c1-18-7-5-9-22(25-18)26-23(30)16-27(2)17-24(31)29-14-6-8-19-15-20(10-11-21(19)29)34(32,33)28-12-3-4-13-28/h5,7,9-11,15H,3-4,6,8,12-14,16-17H2,1-2H3,(H,25,26,30). The fraction of sp³-hybridized carbons (Fsp3) is 0.458. The molecular weight excluding hydrogens is 454 g/mol. The molecule has 34 heavy (non-hydrogen) atoms. The van der Waals surface area contributed by atoms with Gasteiger partial charge >= 0.3 is 0 Å². The number of anilines is 2. The second-order valence-electron chi connectivity index (χ2n) is 8.94. The van der Waals surface area contributed by atoms with E-state index in [0.29, 0.717) is 30.3 Å². The first-order valence-electron chi connectivity index (χ1n) is 11.6. The molecule has 2 aliphatic heterocycles. The molecule has 0 radical (unpaired) electrons. The second-order valence-corrected chi connectivity index (χ2v) is 10.9. The molecule has 2 aliphatic rings. The van der Waals surface area contributed by atoms with Gasteiger partial charge in [-0.2, -0.15) is 4.31 Å². The van der Waals surface area contributed by atoms with Gasteiger partial charge in [0.1, 0.15) is 5.82 Å². The maximum atomic E-state index is 13.1. The minimum Gasteiger partial charge on any atom is -0.311 e. The largest absolute Gasteiger partial charge is 0.311 e. The Bertz CT molecular complexity index is 1180. The predicted molar refractivity (Wildman–Crippen MR) is 130 cm³/mol. The number of sulfonamides is 1. The van der Waals surface area contributed by atoms with Crippen LogP contribution < -0.4 is 10.2 Å². The van der Waals surface area contributed by atoms with Crippen molar-refractivity contribution in [3.05, 3.63) is 47.7 Å². The highest BCUT2D eigenvalue weighted by atomic mass is 32.2. The van der Waals surface area contributed by atoms with Gasteiger partial charge in [-0.05, 0) is 75.5 Å². The number of aromatic nitrogens is 1. The average molecular weight is 486 g/mol. The van der Waals surface area contributed by atoms with Crippen LogP contribution >= 0.6 is 0 Å². The molecule has 2 aromatic rings. The van der Waals surface area contributed by atoms with E-state index in [4.69, 9.17) is 0 Å². The Morgan fingerprint density at radius 2 is 1.82 bits per heavy atom. The van der Waals surface area contributed by atoms with Crippen LogP contribution in [0.1, 0.15) is 30.5 Å². The first kappa shape index (κ1) is 24.3. The number of likely N-dealkylation sites (N-methyl/N-ethyl adjacent to an activating group) is 1. The quantitative estimate of drug-likeness (QED) is 0.644. The zero-order valence-electron chi connectivity index (χ0n) is 19.7. The van der Waals surface area contributed by atoms with Crippen molar-refractivity contribution in [2.45, 2.75) is 37.5 Å². The minimum atomic E-state index is -3.50. The average Bonchev–Trinajstić information content (AvgIpc) is 3.34. The fourth-order valence-electron chi connectivity index (χ4n) is 4.48. The van der Waals surface area contributed by atoms with Gasteiger partial charge in [-0.1, -0.05) is 6.07 Å². The summed E-state index contributed by atoms with van der Waals surface area (Å²) < 4.78 is 27.4. The lowest BCUT2D eigenvalue weighted by Crippen LogP contribution is -2.43. The summed E-state index contributed by atoms with van der Waals surface area (Å²) >= 11 is 0. The SMILES string of the molecule is Cc1cccc(NC(=O)CN(C)CC(=O)N2CCCc3cc(S(=O)(=O)N4CCCC4)ccc32)n1. The topological polar surface area (TPSA) is 103 Å². The van der Waals surface area contributed by atoms with Crippen LogP contribution in [0, 0.1) is 6.92 Å². The third kappa shape index (κ3) is 5.45. The van der Waals surface area contributed by atoms with Gasteiger partial charge in [0.05, 0.1) is 18.0 Å². The van der Waals surface area contributed by atoms with Crippen LogP contribution in [0.2, 0.25) is 0 Å². The fourth-order valence-corrected chi connectivity index (χ4v) is 6.05. The van der Waals surface area contributed by atoms with Gasteiger partial charge < -0.3 is 10.2 Å². The smallest absolute Gasteiger partial charge is 0.243 e. The van der Waals surface area contributed by atoms with Crippen molar-refractivity contribution < 1.29 is 18.0 Å². The number of carbonyl (C=O) groups is 2. The zero-order chi connectivity index (χ0) is 24.3. The number of hydrogen-bond donors (Lipinski definition) is 1. The van der Waals surface area contributed by atoms with E-state index in [1.807, 2.05) is 19.1 Å². The predicted octanol–water partition coefficient (Wildman–Crippen LogP) is 2.02. The van der Waals surface area contributed by atoms with Crippen LogP contribution in [0.5, 0.6) is 0 Å². The number of rotatable bonds is 7. The van der Waals surface area contributed by atoms with E-state index in [9.17, 15) is 18.0 Å². The Kier molecular flexibility index (Phi) is 7.30. The van der Waals surface area contributed by atoms with E-state index >= 15 is 0 Å². The highest BCUT2D eigenvalue weighted by Gasteiger charge is 2.30. The highest BCUT2D eigenvalue weighted by molar-refractivity contribution is 7.89. The van der Waals surface area contributed by atoms with E-state index in [0.717, 1.165) is 42.6 Å². The van der Waals surface area contributed by atoms with Gasteiger partial charge in [0.15, 0.2) is 0 Å². The number of amides is 2. The Balaban J connectivity index is 1.40. The number of aryl methyl sites for hydroxylation is 2. The van der Waals surface area contributed by atoms with Gasteiger partial charge in [0.2, 0.25) is 21.8 Å². The van der Waals surface area contributed by atoms with Crippen molar-refractivity contribution in [2.24, 2.45) is 0 Å². The van der Waals surface area contributed by atoms with Crippen LogP contribution in [-0.2, 0) is 26.0 Å². The normalized spacial score (nSPS) is 16.5. The van der Waals surface area contributed by atoms with Gasteiger partial charge in [-0.25, -0.2) is 13.4 Å². The molecule has 1 N–H and O–H groups in total. The highest BCUT2D eigenvalue weighted by Crippen LogP contribution is 2.31. The molecule has 2 amide bonds. The number of carbonyl (C=O) groups excluding carboxylic acids is 2. The molecule has 9 nitrogen and oxygen atoms in total. The summed E-state index contributed by atoms with van der Waals surface area (Å²) in [5.74, 6) is 0.110. The molecule has 0 aliphatic carbocycles. The first-order chi connectivity index (χ1) is 16.2. The molecule has 3 heterocycles. The van der Waals surface area contributed by atoms with Crippen LogP contribution in [0.15, 0.2) is 41.3 Å². The lowest BCUT2D eigenvalue weighted by molar-refractivity contribution is -0.121. The molecule has 1 aromatic carbocycles. The molecule has 4 rings (SSSR count). The maximum absolute atomic E-state index is 13.1. The monoisotopic (exact) mass is 485 g/mol. The van der Waals surface area contributed by atoms with Crippen LogP contribution in [0.25, 0.3) is 0 Å². The molecular formula is C24H31N5O4S. The summed E-state index contributed by atoms with van der Waals surface area (Å²) in [4.78, 5) is 33.3. The van der Waals surface area contributed by atoms with E-state index in [2.05, 4.69) is 10.3 Å². The molecule has 0 atom stereocenters. The Labute approximate surface area is 200 Å². The lowest BCUT2D eigenvalue weighted by Gasteiger charge is -2.31. The van der Waals surface area contributed by atoms with Crippen molar-refractivity contribution in [2.75, 3.05) is 50.0 Å². The van der Waals surface area contributed by atoms with Gasteiger partial charge in [0.25, 0.3) is 0 Å². The van der Waals surface area contributed by atoms with Crippen LogP contribution in [-0.4, -0.2) is 74.2 Å². The number of benzene rings is 1. The van der Waals surface area contributed by atoms with Crippen LogP contribution in [0.4, 0.5) is 11.5 Å². The zero-order valence-corrected chi connectivity index (χ0v) is 20.5. The minimum absolute atomic E-state index is 0.0507.